The van der Waals surface area contributed by atoms with Gasteiger partial charge >= 0.3 is 5.97 Å². The second-order valence-corrected chi connectivity index (χ2v) is 8.80. The zero-order valence-corrected chi connectivity index (χ0v) is 19.0. The summed E-state index contributed by atoms with van der Waals surface area (Å²) < 4.78 is 10.8. The third kappa shape index (κ3) is 6.93. The predicted molar refractivity (Wildman–Crippen MR) is 125 cm³/mol. The van der Waals surface area contributed by atoms with Gasteiger partial charge in [0.1, 0.15) is 11.5 Å². The molecule has 0 bridgehead atoms. The quantitative estimate of drug-likeness (QED) is 0.274. The van der Waals surface area contributed by atoms with E-state index in [2.05, 4.69) is 48.4 Å². The van der Waals surface area contributed by atoms with E-state index in [-0.39, 0.29) is 17.8 Å². The number of hydrazone groups is 1. The lowest BCUT2D eigenvalue weighted by molar-refractivity contribution is -0.142. The van der Waals surface area contributed by atoms with Crippen LogP contribution in [0.3, 0.4) is 0 Å². The summed E-state index contributed by atoms with van der Waals surface area (Å²) >= 11 is 1.39. The fourth-order valence-corrected chi connectivity index (χ4v) is 3.40. The molecular weight excluding hydrogens is 410 g/mol. The van der Waals surface area contributed by atoms with Crippen molar-refractivity contribution in [1.29, 1.82) is 0 Å². The van der Waals surface area contributed by atoms with Gasteiger partial charge in [-0.1, -0.05) is 32.9 Å². The van der Waals surface area contributed by atoms with Crippen molar-refractivity contribution in [2.75, 3.05) is 12.0 Å². The first-order valence-corrected chi connectivity index (χ1v) is 11.0. The number of benzene rings is 2. The van der Waals surface area contributed by atoms with Crippen molar-refractivity contribution < 1.29 is 14.3 Å². The van der Waals surface area contributed by atoms with E-state index >= 15 is 0 Å². The van der Waals surface area contributed by atoms with Gasteiger partial charge in [-0.05, 0) is 59.9 Å². The minimum atomic E-state index is -0.282. The summed E-state index contributed by atoms with van der Waals surface area (Å²) in [6.07, 6.45) is 1.87. The molecule has 0 amide bonds. The zero-order valence-electron chi connectivity index (χ0n) is 18.2. The van der Waals surface area contributed by atoms with Crippen molar-refractivity contribution >= 4 is 28.7 Å². The van der Waals surface area contributed by atoms with Crippen LogP contribution >= 0.6 is 11.3 Å². The highest BCUT2D eigenvalue weighted by molar-refractivity contribution is 7.13. The van der Waals surface area contributed by atoms with Gasteiger partial charge in [-0.2, -0.15) is 5.10 Å². The molecule has 162 valence electrons. The van der Waals surface area contributed by atoms with E-state index in [0.717, 1.165) is 17.1 Å². The number of aromatic nitrogens is 1. The monoisotopic (exact) mass is 437 g/mol. The molecule has 2 aromatic carbocycles. The van der Waals surface area contributed by atoms with Crippen LogP contribution in [0.1, 0.15) is 44.5 Å². The molecule has 0 aliphatic carbocycles. The number of nitrogens with zero attached hydrogens (tertiary/aromatic N) is 2. The Morgan fingerprint density at radius 2 is 1.74 bits per heavy atom. The summed E-state index contributed by atoms with van der Waals surface area (Å²) in [6, 6.07) is 15.8. The summed E-state index contributed by atoms with van der Waals surface area (Å²) in [4.78, 5) is 15.8. The van der Waals surface area contributed by atoms with Gasteiger partial charge in [0.2, 0.25) is 5.13 Å². The second kappa shape index (κ2) is 10.2. The number of rotatable bonds is 8. The predicted octanol–water partition coefficient (Wildman–Crippen LogP) is 5.78. The lowest BCUT2D eigenvalue weighted by Crippen LogP contribution is -2.10. The molecule has 0 radical (unpaired) electrons. The highest BCUT2D eigenvalue weighted by Crippen LogP contribution is 2.27. The maximum atomic E-state index is 11.5. The Hall–Kier alpha value is -3.19. The molecule has 3 aromatic rings. The molecule has 3 rings (SSSR count). The Balaban J connectivity index is 1.52. The Morgan fingerprint density at radius 3 is 2.35 bits per heavy atom. The van der Waals surface area contributed by atoms with Crippen molar-refractivity contribution in [1.82, 2.24) is 4.98 Å². The van der Waals surface area contributed by atoms with Crippen LogP contribution in [0, 0.1) is 0 Å². The van der Waals surface area contributed by atoms with E-state index in [1.165, 1.54) is 16.9 Å². The van der Waals surface area contributed by atoms with Crippen LogP contribution in [-0.2, 0) is 21.4 Å². The van der Waals surface area contributed by atoms with E-state index in [1.54, 1.807) is 13.1 Å². The Bertz CT molecular complexity index is 1020. The number of carbonyl (C=O) groups is 1. The fourth-order valence-electron chi connectivity index (χ4n) is 2.74. The van der Waals surface area contributed by atoms with Crippen LogP contribution in [-0.4, -0.2) is 23.8 Å². The summed E-state index contributed by atoms with van der Waals surface area (Å²) in [6.45, 7) is 8.72. The highest BCUT2D eigenvalue weighted by atomic mass is 32.1. The molecular formula is C24H27N3O3S. The largest absolute Gasteiger partial charge is 0.466 e. The van der Waals surface area contributed by atoms with E-state index in [0.29, 0.717) is 17.4 Å². The summed E-state index contributed by atoms with van der Waals surface area (Å²) in [5.74, 6) is 1.28. The molecule has 0 atom stereocenters. The van der Waals surface area contributed by atoms with Gasteiger partial charge in [0, 0.05) is 5.38 Å². The standard InChI is InChI=1S/C24H27N3O3S/c1-5-29-22(28)14-19-16-31-23(26-19)27-25-15-17-6-10-20(11-7-17)30-21-12-8-18(9-13-21)24(2,3)4/h6-13,15-16H,5,14H2,1-4H3,(H,26,27). The first-order chi connectivity index (χ1) is 14.8. The molecule has 1 aromatic heterocycles. The maximum absolute atomic E-state index is 11.5. The Labute approximate surface area is 186 Å². The minimum Gasteiger partial charge on any atom is -0.466 e. The lowest BCUT2D eigenvalue weighted by atomic mass is 9.87. The normalized spacial score (nSPS) is 11.5. The number of carbonyl (C=O) groups excluding carboxylic acids is 1. The SMILES string of the molecule is CCOC(=O)Cc1csc(NN=Cc2ccc(Oc3ccc(C(C)(C)C)cc3)cc2)n1. The number of anilines is 1. The number of hydrogen-bond acceptors (Lipinski definition) is 7. The number of thiazole rings is 1. The molecule has 0 aliphatic rings. The van der Waals surface area contributed by atoms with Gasteiger partial charge < -0.3 is 9.47 Å². The van der Waals surface area contributed by atoms with Gasteiger partial charge in [-0.25, -0.2) is 4.98 Å². The summed E-state index contributed by atoms with van der Waals surface area (Å²) in [5, 5.41) is 6.64. The molecule has 0 spiro atoms. The molecule has 0 aliphatic heterocycles. The third-order valence-corrected chi connectivity index (χ3v) is 5.19. The van der Waals surface area contributed by atoms with Crippen molar-refractivity contribution in [3.05, 3.63) is 70.7 Å². The average Bonchev–Trinajstić information content (AvgIpc) is 3.16. The summed E-state index contributed by atoms with van der Waals surface area (Å²) in [5.41, 5.74) is 5.86. The van der Waals surface area contributed by atoms with Crippen LogP contribution in [0.15, 0.2) is 59.0 Å². The fraction of sp³-hybridized carbons (Fsp3) is 0.292. The molecule has 0 saturated heterocycles. The van der Waals surface area contributed by atoms with Gasteiger partial charge in [-0.15, -0.1) is 11.3 Å². The van der Waals surface area contributed by atoms with Crippen molar-refractivity contribution in [2.24, 2.45) is 5.10 Å². The second-order valence-electron chi connectivity index (χ2n) is 7.94. The molecule has 6 nitrogen and oxygen atoms in total. The number of ether oxygens (including phenoxy) is 2. The smallest absolute Gasteiger partial charge is 0.311 e. The molecule has 0 fully saturated rings. The summed E-state index contributed by atoms with van der Waals surface area (Å²) in [7, 11) is 0. The first kappa shape index (κ1) is 22.5. The third-order valence-electron chi connectivity index (χ3n) is 4.39. The Kier molecular flexibility index (Phi) is 7.41. The number of hydrogen-bond donors (Lipinski definition) is 1. The van der Waals surface area contributed by atoms with Crippen LogP contribution < -0.4 is 10.2 Å². The number of esters is 1. The van der Waals surface area contributed by atoms with Gasteiger partial charge in [0.15, 0.2) is 0 Å². The topological polar surface area (TPSA) is 72.8 Å². The van der Waals surface area contributed by atoms with Crippen LogP contribution in [0.25, 0.3) is 0 Å². The lowest BCUT2D eigenvalue weighted by Gasteiger charge is -2.19. The molecule has 1 heterocycles. The van der Waals surface area contributed by atoms with Gasteiger partial charge in [0.05, 0.1) is 24.9 Å². The molecule has 0 saturated carbocycles. The van der Waals surface area contributed by atoms with Crippen molar-refractivity contribution in [3.63, 3.8) is 0 Å². The molecule has 31 heavy (non-hydrogen) atoms. The van der Waals surface area contributed by atoms with Gasteiger partial charge in [0.25, 0.3) is 0 Å². The minimum absolute atomic E-state index is 0.120. The molecule has 1 N–H and O–H groups in total. The van der Waals surface area contributed by atoms with Crippen LogP contribution in [0.2, 0.25) is 0 Å². The average molecular weight is 438 g/mol. The zero-order chi connectivity index (χ0) is 22.3. The molecule has 7 heteroatoms. The van der Waals surface area contributed by atoms with Gasteiger partial charge in [-0.3, -0.25) is 10.2 Å². The van der Waals surface area contributed by atoms with Crippen LogP contribution in [0.4, 0.5) is 5.13 Å². The van der Waals surface area contributed by atoms with Crippen LogP contribution in [0.5, 0.6) is 11.5 Å². The van der Waals surface area contributed by atoms with E-state index < -0.39 is 0 Å². The first-order valence-electron chi connectivity index (χ1n) is 10.1. The molecule has 0 unspecified atom stereocenters. The van der Waals surface area contributed by atoms with E-state index in [4.69, 9.17) is 9.47 Å². The van der Waals surface area contributed by atoms with Crippen molar-refractivity contribution in [3.8, 4) is 11.5 Å². The van der Waals surface area contributed by atoms with Crippen molar-refractivity contribution in [2.45, 2.75) is 39.5 Å². The Morgan fingerprint density at radius 1 is 1.10 bits per heavy atom. The highest BCUT2D eigenvalue weighted by Gasteiger charge is 2.13. The van der Waals surface area contributed by atoms with E-state index in [9.17, 15) is 4.79 Å². The number of nitrogens with one attached hydrogen (secondary N) is 1. The maximum Gasteiger partial charge on any atom is 0.311 e. The van der Waals surface area contributed by atoms with E-state index in [1.807, 2.05) is 41.8 Å².